The molecule has 1 N–H and O–H groups in total. The van der Waals surface area contributed by atoms with Crippen molar-refractivity contribution in [1.82, 2.24) is 18.8 Å². The Balaban J connectivity index is 1.87. The zero-order valence-corrected chi connectivity index (χ0v) is 24.4. The molecule has 0 unspecified atom stereocenters. The second-order valence-corrected chi connectivity index (χ2v) is 13.9. The molecule has 2 saturated heterocycles. The van der Waals surface area contributed by atoms with Crippen LogP contribution in [0.4, 0.5) is 15.4 Å². The lowest BCUT2D eigenvalue weighted by molar-refractivity contribution is 0.00578. The van der Waals surface area contributed by atoms with Crippen LogP contribution < -0.4 is 10.4 Å². The zero-order chi connectivity index (χ0) is 29.1. The molecule has 0 aromatic carbocycles. The highest BCUT2D eigenvalue weighted by Crippen LogP contribution is 2.39. The molecule has 13 nitrogen and oxygen atoms in total. The minimum Gasteiger partial charge on any atom is -0.464 e. The van der Waals surface area contributed by atoms with Gasteiger partial charge in [-0.25, -0.2) is 32.3 Å². The Morgan fingerprint density at radius 2 is 1.69 bits per heavy atom. The van der Waals surface area contributed by atoms with Crippen molar-refractivity contribution in [1.29, 1.82) is 0 Å². The molecule has 2 aromatic rings. The molecule has 0 aliphatic carbocycles. The molecule has 0 atom stereocenters. The van der Waals surface area contributed by atoms with Gasteiger partial charge in [-0.3, -0.25) is 0 Å². The summed E-state index contributed by atoms with van der Waals surface area (Å²) in [5.74, 6) is -0.182. The molecule has 0 radical (unpaired) electrons. The highest BCUT2D eigenvalue weighted by Gasteiger charge is 2.53. The van der Waals surface area contributed by atoms with E-state index in [1.54, 1.807) is 27.0 Å². The number of aromatic nitrogens is 3. The van der Waals surface area contributed by atoms with Crippen LogP contribution in [-0.2, 0) is 24.1 Å². The van der Waals surface area contributed by atoms with E-state index in [0.717, 1.165) is 0 Å². The number of carboxylic acid groups (broad SMARTS) is 1. The monoisotopic (exact) mass is 565 g/mol. The minimum absolute atomic E-state index is 0.149. The van der Waals surface area contributed by atoms with Crippen LogP contribution in [-0.4, -0.2) is 87.8 Å². The van der Waals surface area contributed by atoms with Crippen molar-refractivity contribution in [3.63, 3.8) is 0 Å². The number of imide groups is 1. The van der Waals surface area contributed by atoms with E-state index in [2.05, 4.69) is 9.97 Å². The molecule has 2 aliphatic heterocycles. The molecular formula is C24H36BN5O8S. The predicted octanol–water partition coefficient (Wildman–Crippen LogP) is 2.75. The van der Waals surface area contributed by atoms with Crippen molar-refractivity contribution >= 4 is 51.6 Å². The molecule has 39 heavy (non-hydrogen) atoms. The number of anilines is 1. The lowest BCUT2D eigenvalue weighted by atomic mass is 9.79. The number of hydrogen-bond donors (Lipinski definition) is 1. The van der Waals surface area contributed by atoms with Crippen molar-refractivity contribution < 1.29 is 37.2 Å². The van der Waals surface area contributed by atoms with E-state index >= 15 is 0 Å². The van der Waals surface area contributed by atoms with Crippen LogP contribution in [0.15, 0.2) is 12.5 Å². The van der Waals surface area contributed by atoms with Gasteiger partial charge in [0.05, 0.1) is 22.8 Å². The van der Waals surface area contributed by atoms with Gasteiger partial charge in [-0.2, -0.15) is 4.90 Å². The van der Waals surface area contributed by atoms with Crippen LogP contribution in [0.1, 0.15) is 67.3 Å². The van der Waals surface area contributed by atoms with Crippen LogP contribution in [0.2, 0.25) is 0 Å². The first kappa shape index (κ1) is 29.2. The standard InChI is InChI=1S/C24H36BN5O8S/c1-22(2,3)36-21(33)30(20(31)32)19-17-16(25-37-23(4,5)24(6,7)38-25)13-29(18(17)26-14-27-19)15-9-11-28(12-10-15)39(8,34)35/h13-15H,9-12H2,1-8H3,(H,31,32). The topological polar surface area (TPSA) is 153 Å². The number of fused-ring (bicyclic) bond motifs is 1. The minimum atomic E-state index is -3.32. The highest BCUT2D eigenvalue weighted by molar-refractivity contribution is 7.88. The summed E-state index contributed by atoms with van der Waals surface area (Å²) in [7, 11) is -4.23. The molecule has 2 aromatic heterocycles. The van der Waals surface area contributed by atoms with Crippen molar-refractivity contribution in [2.45, 2.75) is 84.2 Å². The summed E-state index contributed by atoms with van der Waals surface area (Å²) in [4.78, 5) is 34.6. The van der Waals surface area contributed by atoms with E-state index < -0.39 is 46.1 Å². The number of carbonyl (C=O) groups is 2. The van der Waals surface area contributed by atoms with Gasteiger partial charge in [0.1, 0.15) is 17.6 Å². The first-order chi connectivity index (χ1) is 17.8. The molecule has 15 heteroatoms. The lowest BCUT2D eigenvalue weighted by Crippen LogP contribution is -2.42. The molecule has 2 amide bonds. The average Bonchev–Trinajstić information content (AvgIpc) is 3.26. The summed E-state index contributed by atoms with van der Waals surface area (Å²) in [6.07, 6.45) is 2.49. The lowest BCUT2D eigenvalue weighted by Gasteiger charge is -2.32. The second-order valence-electron chi connectivity index (χ2n) is 12.0. The van der Waals surface area contributed by atoms with Gasteiger partial charge in [-0.15, -0.1) is 0 Å². The van der Waals surface area contributed by atoms with Gasteiger partial charge in [-0.1, -0.05) is 0 Å². The first-order valence-corrected chi connectivity index (χ1v) is 14.6. The summed E-state index contributed by atoms with van der Waals surface area (Å²) >= 11 is 0. The van der Waals surface area contributed by atoms with E-state index in [0.29, 0.717) is 41.9 Å². The van der Waals surface area contributed by atoms with Crippen LogP contribution in [0.3, 0.4) is 0 Å². The van der Waals surface area contributed by atoms with Crippen molar-refractivity contribution in [2.24, 2.45) is 0 Å². The second kappa shape index (κ2) is 9.71. The maximum absolute atomic E-state index is 13.1. The van der Waals surface area contributed by atoms with Gasteiger partial charge >= 0.3 is 19.3 Å². The van der Waals surface area contributed by atoms with Gasteiger partial charge in [-0.05, 0) is 61.3 Å². The fraction of sp³-hybridized carbons (Fsp3) is 0.667. The number of nitrogens with zero attached hydrogens (tertiary/aromatic N) is 5. The third kappa shape index (κ3) is 5.62. The van der Waals surface area contributed by atoms with E-state index in [-0.39, 0.29) is 17.2 Å². The fourth-order valence-corrected chi connectivity index (χ4v) is 5.58. The normalized spacial score (nSPS) is 20.4. The SMILES string of the molecule is CC(C)(C)OC(=O)N(C(=O)O)c1ncnc2c1c(B1OC(C)(C)C(C)(C)O1)cn2C1CCN(S(C)(=O)=O)CC1. The van der Waals surface area contributed by atoms with Crippen LogP contribution in [0.5, 0.6) is 0 Å². The Morgan fingerprint density at radius 3 is 2.18 bits per heavy atom. The Hall–Kier alpha value is -2.75. The summed E-state index contributed by atoms with van der Waals surface area (Å²) in [5.41, 5.74) is -1.51. The van der Waals surface area contributed by atoms with Crippen LogP contribution in [0.25, 0.3) is 11.0 Å². The summed E-state index contributed by atoms with van der Waals surface area (Å²) < 4.78 is 45.4. The largest absolute Gasteiger partial charge is 0.497 e. The summed E-state index contributed by atoms with van der Waals surface area (Å²) in [6.45, 7) is 13.1. The highest BCUT2D eigenvalue weighted by atomic mass is 32.2. The van der Waals surface area contributed by atoms with E-state index in [9.17, 15) is 23.1 Å². The molecule has 4 rings (SSSR count). The van der Waals surface area contributed by atoms with Crippen LogP contribution in [0, 0.1) is 0 Å². The predicted molar refractivity (Wildman–Crippen MR) is 145 cm³/mol. The third-order valence-corrected chi connectivity index (χ3v) is 8.69. The Labute approximate surface area is 228 Å². The maximum atomic E-state index is 13.1. The Morgan fingerprint density at radius 1 is 1.13 bits per heavy atom. The smallest absolute Gasteiger partial charge is 0.464 e. The Kier molecular flexibility index (Phi) is 7.28. The molecule has 0 spiro atoms. The van der Waals surface area contributed by atoms with Gasteiger partial charge in [0.15, 0.2) is 5.82 Å². The van der Waals surface area contributed by atoms with Crippen molar-refractivity contribution in [3.8, 4) is 0 Å². The molecule has 4 heterocycles. The average molecular weight is 565 g/mol. The zero-order valence-electron chi connectivity index (χ0n) is 23.6. The van der Waals surface area contributed by atoms with Gasteiger partial charge in [0, 0.05) is 30.8 Å². The number of amides is 2. The van der Waals surface area contributed by atoms with E-state index in [1.807, 2.05) is 32.3 Å². The van der Waals surface area contributed by atoms with Crippen LogP contribution >= 0.6 is 0 Å². The summed E-state index contributed by atoms with van der Waals surface area (Å²) in [5, 5.41) is 10.3. The quantitative estimate of drug-likeness (QED) is 0.548. The number of rotatable bonds is 4. The number of hydrogen-bond acceptors (Lipinski definition) is 9. The number of ether oxygens (including phenoxy) is 1. The molecule has 0 saturated carbocycles. The molecular weight excluding hydrogens is 529 g/mol. The number of carbonyl (C=O) groups excluding carboxylic acids is 1. The summed E-state index contributed by atoms with van der Waals surface area (Å²) in [6, 6.07) is -0.149. The van der Waals surface area contributed by atoms with E-state index in [1.165, 1.54) is 16.9 Å². The van der Waals surface area contributed by atoms with Gasteiger partial charge < -0.3 is 23.7 Å². The number of piperidine rings is 1. The van der Waals surface area contributed by atoms with Crippen molar-refractivity contribution in [2.75, 3.05) is 24.2 Å². The molecule has 2 aliphatic rings. The van der Waals surface area contributed by atoms with Gasteiger partial charge in [0.2, 0.25) is 10.0 Å². The molecule has 2 fully saturated rings. The van der Waals surface area contributed by atoms with Crippen molar-refractivity contribution in [3.05, 3.63) is 12.5 Å². The maximum Gasteiger partial charge on any atom is 0.497 e. The molecule has 214 valence electrons. The van der Waals surface area contributed by atoms with E-state index in [4.69, 9.17) is 14.0 Å². The number of sulfonamides is 1. The fourth-order valence-electron chi connectivity index (χ4n) is 4.71. The Bertz CT molecular complexity index is 1380. The first-order valence-electron chi connectivity index (χ1n) is 12.7. The third-order valence-electron chi connectivity index (χ3n) is 7.39. The molecule has 0 bridgehead atoms. The van der Waals surface area contributed by atoms with Gasteiger partial charge in [0.25, 0.3) is 0 Å².